The Kier molecular flexibility index (Phi) is 3.81. The van der Waals surface area contributed by atoms with Crippen LogP contribution in [0.25, 0.3) is 0 Å². The Morgan fingerprint density at radius 1 is 1.32 bits per heavy atom. The van der Waals surface area contributed by atoms with Crippen LogP contribution in [0, 0.1) is 6.92 Å². The Labute approximate surface area is 131 Å². The van der Waals surface area contributed by atoms with Gasteiger partial charge in [-0.25, -0.2) is 0 Å². The number of furan rings is 1. The van der Waals surface area contributed by atoms with Crippen molar-refractivity contribution in [2.75, 3.05) is 32.9 Å². The maximum atomic E-state index is 12.9. The maximum absolute atomic E-state index is 12.9. The third-order valence-electron chi connectivity index (χ3n) is 4.49. The highest BCUT2D eigenvalue weighted by atomic mass is 16.6. The van der Waals surface area contributed by atoms with E-state index in [1.54, 1.807) is 0 Å². The van der Waals surface area contributed by atoms with Gasteiger partial charge in [-0.3, -0.25) is 4.79 Å². The largest absolute Gasteiger partial charge is 0.465 e. The molecule has 0 bridgehead atoms. The quantitative estimate of drug-likeness (QED) is 0.800. The van der Waals surface area contributed by atoms with Crippen molar-refractivity contribution in [2.24, 2.45) is 0 Å². The standard InChI is InChI=1S/C17H25NO4/c1-12-13(9-14(22-12)16(2,3)4)15(19)18-6-8-21-17(10-18)5-7-20-11-17/h9H,5-8,10-11H2,1-4H3. The average molecular weight is 307 g/mol. The molecule has 0 aromatic carbocycles. The van der Waals surface area contributed by atoms with Crippen LogP contribution < -0.4 is 0 Å². The van der Waals surface area contributed by atoms with Crippen LogP contribution in [0.4, 0.5) is 0 Å². The highest BCUT2D eigenvalue weighted by Crippen LogP contribution is 2.31. The van der Waals surface area contributed by atoms with E-state index in [1.165, 1.54) is 0 Å². The zero-order valence-corrected chi connectivity index (χ0v) is 13.9. The second-order valence-electron chi connectivity index (χ2n) is 7.39. The van der Waals surface area contributed by atoms with E-state index in [9.17, 15) is 4.79 Å². The molecular weight excluding hydrogens is 282 g/mol. The van der Waals surface area contributed by atoms with E-state index in [1.807, 2.05) is 17.9 Å². The molecule has 1 spiro atoms. The van der Waals surface area contributed by atoms with Crippen LogP contribution in [0.1, 0.15) is 49.1 Å². The third kappa shape index (κ3) is 2.79. The molecule has 1 aromatic rings. The first-order chi connectivity index (χ1) is 10.3. The van der Waals surface area contributed by atoms with E-state index < -0.39 is 0 Å². The predicted octanol–water partition coefficient (Wildman–Crippen LogP) is 2.52. The van der Waals surface area contributed by atoms with Crippen molar-refractivity contribution in [2.45, 2.75) is 45.1 Å². The summed E-state index contributed by atoms with van der Waals surface area (Å²) >= 11 is 0. The van der Waals surface area contributed by atoms with Crippen LogP contribution in [0.5, 0.6) is 0 Å². The molecule has 0 aliphatic carbocycles. The summed E-state index contributed by atoms with van der Waals surface area (Å²) in [4.78, 5) is 14.7. The summed E-state index contributed by atoms with van der Waals surface area (Å²) in [6.07, 6.45) is 0.856. The molecule has 2 aliphatic rings. The molecule has 0 saturated carbocycles. The van der Waals surface area contributed by atoms with Crippen molar-refractivity contribution in [1.29, 1.82) is 0 Å². The molecule has 22 heavy (non-hydrogen) atoms. The minimum absolute atomic E-state index is 0.0336. The van der Waals surface area contributed by atoms with E-state index in [0.29, 0.717) is 44.2 Å². The molecule has 1 amide bonds. The van der Waals surface area contributed by atoms with Gasteiger partial charge in [0.2, 0.25) is 0 Å². The fourth-order valence-corrected chi connectivity index (χ4v) is 3.08. The number of hydrogen-bond donors (Lipinski definition) is 0. The lowest BCUT2D eigenvalue weighted by Gasteiger charge is -2.39. The van der Waals surface area contributed by atoms with E-state index in [4.69, 9.17) is 13.9 Å². The van der Waals surface area contributed by atoms with Gasteiger partial charge in [0.05, 0.1) is 25.3 Å². The highest BCUT2D eigenvalue weighted by Gasteiger charge is 2.42. The maximum Gasteiger partial charge on any atom is 0.257 e. The molecule has 122 valence electrons. The summed E-state index contributed by atoms with van der Waals surface area (Å²) in [6, 6.07) is 1.89. The smallest absolute Gasteiger partial charge is 0.257 e. The summed E-state index contributed by atoms with van der Waals surface area (Å²) in [6.45, 7) is 11.2. The number of aryl methyl sites for hydroxylation is 1. The van der Waals surface area contributed by atoms with Gasteiger partial charge in [0.25, 0.3) is 5.91 Å². The van der Waals surface area contributed by atoms with Crippen molar-refractivity contribution >= 4 is 5.91 Å². The zero-order valence-electron chi connectivity index (χ0n) is 13.9. The minimum Gasteiger partial charge on any atom is -0.465 e. The van der Waals surface area contributed by atoms with Crippen LogP contribution in [-0.4, -0.2) is 49.3 Å². The molecule has 1 aromatic heterocycles. The summed E-state index contributed by atoms with van der Waals surface area (Å²) < 4.78 is 17.2. The van der Waals surface area contributed by atoms with Crippen LogP contribution in [0.15, 0.2) is 10.5 Å². The summed E-state index contributed by atoms with van der Waals surface area (Å²) in [5.41, 5.74) is 0.258. The van der Waals surface area contributed by atoms with Crippen LogP contribution >= 0.6 is 0 Å². The van der Waals surface area contributed by atoms with Crippen molar-refractivity contribution in [1.82, 2.24) is 4.90 Å². The lowest BCUT2D eigenvalue weighted by molar-refractivity contribution is -0.0995. The number of carbonyl (C=O) groups is 1. The number of amides is 1. The molecule has 3 rings (SSSR count). The van der Waals surface area contributed by atoms with Gasteiger partial charge in [0.15, 0.2) is 0 Å². The van der Waals surface area contributed by atoms with Gasteiger partial charge < -0.3 is 18.8 Å². The summed E-state index contributed by atoms with van der Waals surface area (Å²) in [7, 11) is 0. The fourth-order valence-electron chi connectivity index (χ4n) is 3.08. The molecule has 2 saturated heterocycles. The average Bonchev–Trinajstić information content (AvgIpc) is 3.05. The van der Waals surface area contributed by atoms with Gasteiger partial charge in [-0.1, -0.05) is 20.8 Å². The molecular formula is C17H25NO4. The second kappa shape index (κ2) is 5.39. The van der Waals surface area contributed by atoms with Gasteiger partial charge in [-0.05, 0) is 13.0 Å². The normalized spacial score (nSPS) is 25.9. The van der Waals surface area contributed by atoms with E-state index in [0.717, 1.165) is 12.2 Å². The first-order valence-corrected chi connectivity index (χ1v) is 7.93. The Hall–Kier alpha value is -1.33. The van der Waals surface area contributed by atoms with Crippen LogP contribution in [-0.2, 0) is 14.9 Å². The van der Waals surface area contributed by atoms with Gasteiger partial charge >= 0.3 is 0 Å². The van der Waals surface area contributed by atoms with Crippen LogP contribution in [0.3, 0.4) is 0 Å². The highest BCUT2D eigenvalue weighted by molar-refractivity contribution is 5.95. The van der Waals surface area contributed by atoms with Gasteiger partial charge in [0, 0.05) is 25.0 Å². The summed E-state index contributed by atoms with van der Waals surface area (Å²) in [5.74, 6) is 1.57. The Bertz CT molecular complexity index is 564. The van der Waals surface area contributed by atoms with Gasteiger partial charge in [-0.2, -0.15) is 0 Å². The van der Waals surface area contributed by atoms with Crippen molar-refractivity contribution < 1.29 is 18.7 Å². The molecule has 2 aliphatic heterocycles. The minimum atomic E-state index is -0.307. The lowest BCUT2D eigenvalue weighted by atomic mass is 9.93. The molecule has 5 heteroatoms. The number of nitrogens with zero attached hydrogens (tertiary/aromatic N) is 1. The summed E-state index contributed by atoms with van der Waals surface area (Å²) in [5, 5.41) is 0. The molecule has 2 fully saturated rings. The van der Waals surface area contributed by atoms with Crippen molar-refractivity contribution in [3.05, 3.63) is 23.2 Å². The molecule has 1 atom stereocenters. The second-order valence-corrected chi connectivity index (χ2v) is 7.39. The molecule has 0 N–H and O–H groups in total. The van der Waals surface area contributed by atoms with Gasteiger partial charge in [-0.15, -0.1) is 0 Å². The van der Waals surface area contributed by atoms with E-state index in [2.05, 4.69) is 20.8 Å². The fraction of sp³-hybridized carbons (Fsp3) is 0.706. The molecule has 5 nitrogen and oxygen atoms in total. The molecule has 1 unspecified atom stereocenters. The van der Waals surface area contributed by atoms with Crippen molar-refractivity contribution in [3.63, 3.8) is 0 Å². The third-order valence-corrected chi connectivity index (χ3v) is 4.49. The lowest BCUT2D eigenvalue weighted by Crippen LogP contribution is -2.54. The Morgan fingerprint density at radius 3 is 2.68 bits per heavy atom. The number of ether oxygens (including phenoxy) is 2. The number of carbonyl (C=O) groups excluding carboxylic acids is 1. The monoisotopic (exact) mass is 307 g/mol. The van der Waals surface area contributed by atoms with E-state index in [-0.39, 0.29) is 16.9 Å². The first-order valence-electron chi connectivity index (χ1n) is 7.93. The zero-order chi connectivity index (χ0) is 16.0. The topological polar surface area (TPSA) is 51.9 Å². The number of rotatable bonds is 1. The van der Waals surface area contributed by atoms with Crippen molar-refractivity contribution in [3.8, 4) is 0 Å². The molecule has 0 radical (unpaired) electrons. The predicted molar refractivity (Wildman–Crippen MR) is 82.2 cm³/mol. The Balaban J connectivity index is 1.80. The van der Waals surface area contributed by atoms with Gasteiger partial charge in [0.1, 0.15) is 17.1 Å². The first kappa shape index (κ1) is 15.6. The van der Waals surface area contributed by atoms with E-state index >= 15 is 0 Å². The molecule has 3 heterocycles. The SMILES string of the molecule is Cc1oc(C(C)(C)C)cc1C(=O)N1CCOC2(CCOC2)C1. The number of morpholine rings is 1. The van der Waals surface area contributed by atoms with Crippen LogP contribution in [0.2, 0.25) is 0 Å². The Morgan fingerprint density at radius 2 is 2.09 bits per heavy atom. The number of hydrogen-bond acceptors (Lipinski definition) is 4.